The Labute approximate surface area is 93.3 Å². The van der Waals surface area contributed by atoms with Crippen LogP contribution in [0.3, 0.4) is 0 Å². The Bertz CT molecular complexity index is 317. The van der Waals surface area contributed by atoms with E-state index in [-0.39, 0.29) is 12.5 Å². The van der Waals surface area contributed by atoms with Gasteiger partial charge < -0.3 is 5.11 Å². The standard InChI is InChI=1S/C11H15NO2S/c13-11(14)8-9(10-4-3-7-15-10)12-5-1-2-6-12/h3-4,7,9H,1-2,5-6,8H2,(H,13,14). The summed E-state index contributed by atoms with van der Waals surface area (Å²) in [5, 5.41) is 10.9. The van der Waals surface area contributed by atoms with E-state index < -0.39 is 5.97 Å². The first-order chi connectivity index (χ1) is 7.27. The number of carboxylic acid groups (broad SMARTS) is 1. The molecule has 3 nitrogen and oxygen atoms in total. The molecule has 2 heterocycles. The fraction of sp³-hybridized carbons (Fsp3) is 0.545. The normalized spacial score (nSPS) is 19.2. The van der Waals surface area contributed by atoms with Gasteiger partial charge in [0.05, 0.1) is 12.5 Å². The molecule has 1 N–H and O–H groups in total. The number of hydrogen-bond acceptors (Lipinski definition) is 3. The zero-order valence-electron chi connectivity index (χ0n) is 8.56. The van der Waals surface area contributed by atoms with Gasteiger partial charge >= 0.3 is 5.97 Å². The zero-order valence-corrected chi connectivity index (χ0v) is 9.37. The highest BCUT2D eigenvalue weighted by Gasteiger charge is 2.26. The van der Waals surface area contributed by atoms with E-state index in [4.69, 9.17) is 5.11 Å². The van der Waals surface area contributed by atoms with E-state index in [1.807, 2.05) is 17.5 Å². The molecule has 0 bridgehead atoms. The van der Waals surface area contributed by atoms with Crippen LogP contribution in [-0.2, 0) is 4.79 Å². The lowest BCUT2D eigenvalue weighted by atomic mass is 10.1. The molecule has 15 heavy (non-hydrogen) atoms. The molecule has 2 rings (SSSR count). The van der Waals surface area contributed by atoms with Gasteiger partial charge in [-0.15, -0.1) is 11.3 Å². The first-order valence-corrected chi connectivity index (χ1v) is 6.14. The molecule has 0 radical (unpaired) electrons. The van der Waals surface area contributed by atoms with E-state index >= 15 is 0 Å². The topological polar surface area (TPSA) is 40.5 Å². The van der Waals surface area contributed by atoms with E-state index in [0.717, 1.165) is 13.1 Å². The van der Waals surface area contributed by atoms with Crippen molar-refractivity contribution in [1.82, 2.24) is 4.90 Å². The first-order valence-electron chi connectivity index (χ1n) is 5.26. The summed E-state index contributed by atoms with van der Waals surface area (Å²) in [6, 6.07) is 4.12. The van der Waals surface area contributed by atoms with Crippen LogP contribution in [0.4, 0.5) is 0 Å². The predicted octanol–water partition coefficient (Wildman–Crippen LogP) is 2.36. The fourth-order valence-electron chi connectivity index (χ4n) is 2.11. The SMILES string of the molecule is O=C(O)CC(c1cccs1)N1CCCC1. The third-order valence-electron chi connectivity index (χ3n) is 2.82. The molecular weight excluding hydrogens is 210 g/mol. The second kappa shape index (κ2) is 4.77. The smallest absolute Gasteiger partial charge is 0.305 e. The Kier molecular flexibility index (Phi) is 3.38. The third kappa shape index (κ3) is 2.58. The Hall–Kier alpha value is -0.870. The summed E-state index contributed by atoms with van der Waals surface area (Å²) in [6.45, 7) is 2.08. The molecule has 1 saturated heterocycles. The predicted molar refractivity (Wildman–Crippen MR) is 60.1 cm³/mol. The quantitative estimate of drug-likeness (QED) is 0.855. The lowest BCUT2D eigenvalue weighted by Gasteiger charge is -2.25. The molecular formula is C11H15NO2S. The Morgan fingerprint density at radius 2 is 2.27 bits per heavy atom. The van der Waals surface area contributed by atoms with Crippen LogP contribution in [0.1, 0.15) is 30.2 Å². The molecule has 1 aliphatic heterocycles. The number of hydrogen-bond donors (Lipinski definition) is 1. The first kappa shape index (κ1) is 10.6. The number of aliphatic carboxylic acids is 1. The molecule has 0 saturated carbocycles. The van der Waals surface area contributed by atoms with Crippen molar-refractivity contribution in [1.29, 1.82) is 0 Å². The number of likely N-dealkylation sites (tertiary alicyclic amines) is 1. The van der Waals surface area contributed by atoms with Crippen molar-refractivity contribution in [3.05, 3.63) is 22.4 Å². The molecule has 0 amide bonds. The van der Waals surface area contributed by atoms with Gasteiger partial charge in [-0.25, -0.2) is 0 Å². The minimum Gasteiger partial charge on any atom is -0.481 e. The summed E-state index contributed by atoms with van der Waals surface area (Å²) >= 11 is 1.65. The van der Waals surface area contributed by atoms with Crippen molar-refractivity contribution in [2.24, 2.45) is 0 Å². The minimum atomic E-state index is -0.708. The van der Waals surface area contributed by atoms with E-state index in [1.165, 1.54) is 17.7 Å². The summed E-state index contributed by atoms with van der Waals surface area (Å²) < 4.78 is 0. The van der Waals surface area contributed by atoms with Crippen molar-refractivity contribution in [2.75, 3.05) is 13.1 Å². The van der Waals surface area contributed by atoms with Crippen molar-refractivity contribution in [2.45, 2.75) is 25.3 Å². The van der Waals surface area contributed by atoms with Crippen LogP contribution < -0.4 is 0 Å². The third-order valence-corrected chi connectivity index (χ3v) is 3.79. The molecule has 0 aliphatic carbocycles. The van der Waals surface area contributed by atoms with Gasteiger partial charge in [0.25, 0.3) is 0 Å². The lowest BCUT2D eigenvalue weighted by molar-refractivity contribution is -0.138. The van der Waals surface area contributed by atoms with Crippen LogP contribution in [-0.4, -0.2) is 29.1 Å². The second-order valence-electron chi connectivity index (χ2n) is 3.87. The van der Waals surface area contributed by atoms with E-state index in [1.54, 1.807) is 11.3 Å². The van der Waals surface area contributed by atoms with Gasteiger partial charge in [0.15, 0.2) is 0 Å². The molecule has 0 aromatic carbocycles. The monoisotopic (exact) mass is 225 g/mol. The Balaban J connectivity index is 2.12. The van der Waals surface area contributed by atoms with Crippen LogP contribution in [0, 0.1) is 0 Å². The van der Waals surface area contributed by atoms with Crippen molar-refractivity contribution in [3.63, 3.8) is 0 Å². The molecule has 4 heteroatoms. The minimum absolute atomic E-state index is 0.0880. The molecule has 1 fully saturated rings. The van der Waals surface area contributed by atoms with Crippen molar-refractivity contribution >= 4 is 17.3 Å². The largest absolute Gasteiger partial charge is 0.481 e. The lowest BCUT2D eigenvalue weighted by Crippen LogP contribution is -2.27. The molecule has 1 aliphatic rings. The number of thiophene rings is 1. The molecule has 1 aromatic heterocycles. The molecule has 0 spiro atoms. The Morgan fingerprint density at radius 3 is 2.80 bits per heavy atom. The molecule has 82 valence electrons. The number of carbonyl (C=O) groups is 1. The van der Waals surface area contributed by atoms with Gasteiger partial charge in [0, 0.05) is 4.88 Å². The average Bonchev–Trinajstić information content (AvgIpc) is 2.87. The Morgan fingerprint density at radius 1 is 1.53 bits per heavy atom. The van der Waals surface area contributed by atoms with Crippen LogP contribution in [0.5, 0.6) is 0 Å². The van der Waals surface area contributed by atoms with E-state index in [0.29, 0.717) is 0 Å². The van der Waals surface area contributed by atoms with Gasteiger partial charge in [0.2, 0.25) is 0 Å². The molecule has 1 unspecified atom stereocenters. The van der Waals surface area contributed by atoms with Crippen molar-refractivity contribution < 1.29 is 9.90 Å². The summed E-state index contributed by atoms with van der Waals surface area (Å²) in [6.07, 6.45) is 2.61. The highest BCUT2D eigenvalue weighted by Crippen LogP contribution is 2.30. The van der Waals surface area contributed by atoms with Crippen LogP contribution >= 0.6 is 11.3 Å². The van der Waals surface area contributed by atoms with Crippen LogP contribution in [0.25, 0.3) is 0 Å². The van der Waals surface area contributed by atoms with Gasteiger partial charge in [-0.05, 0) is 37.4 Å². The molecule has 1 aromatic rings. The second-order valence-corrected chi connectivity index (χ2v) is 4.85. The maximum absolute atomic E-state index is 10.8. The zero-order chi connectivity index (χ0) is 10.7. The van der Waals surface area contributed by atoms with Crippen molar-refractivity contribution in [3.8, 4) is 0 Å². The summed E-state index contributed by atoms with van der Waals surface area (Å²) in [5.74, 6) is -0.708. The average molecular weight is 225 g/mol. The van der Waals surface area contributed by atoms with Gasteiger partial charge in [-0.2, -0.15) is 0 Å². The highest BCUT2D eigenvalue weighted by atomic mass is 32.1. The summed E-state index contributed by atoms with van der Waals surface area (Å²) in [7, 11) is 0. The number of rotatable bonds is 4. The van der Waals surface area contributed by atoms with E-state index in [2.05, 4.69) is 4.90 Å². The number of nitrogens with zero attached hydrogens (tertiary/aromatic N) is 1. The summed E-state index contributed by atoms with van der Waals surface area (Å²) in [5.41, 5.74) is 0. The summed E-state index contributed by atoms with van der Waals surface area (Å²) in [4.78, 5) is 14.3. The van der Waals surface area contributed by atoms with Crippen LogP contribution in [0.15, 0.2) is 17.5 Å². The van der Waals surface area contributed by atoms with Gasteiger partial charge in [-0.3, -0.25) is 9.69 Å². The molecule has 1 atom stereocenters. The van der Waals surface area contributed by atoms with Crippen LogP contribution in [0.2, 0.25) is 0 Å². The van der Waals surface area contributed by atoms with Gasteiger partial charge in [-0.1, -0.05) is 6.07 Å². The maximum atomic E-state index is 10.8. The van der Waals surface area contributed by atoms with Gasteiger partial charge in [0.1, 0.15) is 0 Å². The van der Waals surface area contributed by atoms with E-state index in [9.17, 15) is 4.79 Å². The fourth-order valence-corrected chi connectivity index (χ4v) is 2.97. The maximum Gasteiger partial charge on any atom is 0.305 e. The number of carboxylic acids is 1. The highest BCUT2D eigenvalue weighted by molar-refractivity contribution is 7.10.